The molecule has 160 valence electrons. The molecule has 0 unspecified atom stereocenters. The van der Waals surface area contributed by atoms with Crippen LogP contribution in [0, 0.1) is 0 Å². The van der Waals surface area contributed by atoms with Crippen molar-refractivity contribution < 1.29 is 16.8 Å². The second-order valence-electron chi connectivity index (χ2n) is 6.45. The number of benzene rings is 1. The van der Waals surface area contributed by atoms with Gasteiger partial charge >= 0.3 is 0 Å². The molecule has 0 fully saturated rings. The van der Waals surface area contributed by atoms with Gasteiger partial charge in [0.2, 0.25) is 20.0 Å². The van der Waals surface area contributed by atoms with Crippen molar-refractivity contribution in [1.29, 1.82) is 0 Å². The normalized spacial score (nSPS) is 15.2. The maximum Gasteiger partial charge on any atom is 0.242 e. The minimum atomic E-state index is -4.54. The second kappa shape index (κ2) is 8.16. The third-order valence-electron chi connectivity index (χ3n) is 4.18. The number of nitrogens with one attached hydrogen (secondary N) is 1. The number of hydrogen-bond acceptors (Lipinski definition) is 10. The topological polar surface area (TPSA) is 208 Å². The van der Waals surface area contributed by atoms with Gasteiger partial charge in [0, 0.05) is 24.3 Å². The summed E-state index contributed by atoms with van der Waals surface area (Å²) < 4.78 is 53.3. The largest absolute Gasteiger partial charge is 0.384 e. The van der Waals surface area contributed by atoms with Crippen LogP contribution in [0.15, 0.2) is 55.5 Å². The molecule has 0 amide bonds. The van der Waals surface area contributed by atoms with E-state index >= 15 is 0 Å². The molecule has 1 aliphatic rings. The van der Waals surface area contributed by atoms with E-state index in [4.69, 9.17) is 16.6 Å². The Bertz CT molecular complexity index is 1240. The van der Waals surface area contributed by atoms with Gasteiger partial charge in [-0.25, -0.2) is 36.7 Å². The highest BCUT2D eigenvalue weighted by Gasteiger charge is 2.33. The van der Waals surface area contributed by atoms with E-state index in [0.717, 1.165) is 6.07 Å². The number of pyridine rings is 1. The molecule has 1 aromatic carbocycles. The third-order valence-corrected chi connectivity index (χ3v) is 6.93. The van der Waals surface area contributed by atoms with Crippen LogP contribution in [0.25, 0.3) is 11.1 Å². The number of nitrogens with two attached hydrogens (primary N) is 3. The van der Waals surface area contributed by atoms with Gasteiger partial charge in [-0.15, -0.1) is 5.11 Å². The molecular weight excluding hydrogens is 432 g/mol. The summed E-state index contributed by atoms with van der Waals surface area (Å²) in [4.78, 5) is 6.87. The number of sulfonamides is 2. The van der Waals surface area contributed by atoms with Crippen molar-refractivity contribution in [1.82, 2.24) is 9.71 Å². The Kier molecular flexibility index (Phi) is 5.96. The molecule has 1 atom stereocenters. The molecular formula is C16H20N8O4S2. The molecule has 7 N–H and O–H groups in total. The summed E-state index contributed by atoms with van der Waals surface area (Å²) in [6.07, 6.45) is 1.41. The fraction of sp³-hybridized carbons (Fsp3) is 0.250. The van der Waals surface area contributed by atoms with Crippen molar-refractivity contribution in [3.63, 3.8) is 0 Å². The number of rotatable bonds is 7. The van der Waals surface area contributed by atoms with E-state index < -0.39 is 35.9 Å². The highest BCUT2D eigenvalue weighted by Crippen LogP contribution is 2.34. The number of hydrogen-bond donors (Lipinski definition) is 4. The summed E-state index contributed by atoms with van der Waals surface area (Å²) in [5.41, 5.74) is 11.8. The van der Waals surface area contributed by atoms with E-state index in [1.807, 2.05) is 0 Å². The Hall–Kier alpha value is -2.78. The van der Waals surface area contributed by atoms with Crippen LogP contribution in [0.3, 0.4) is 0 Å². The summed E-state index contributed by atoms with van der Waals surface area (Å²) in [5.74, 6) is 0.193. The molecule has 1 aliphatic heterocycles. The average molecular weight is 453 g/mol. The smallest absolute Gasteiger partial charge is 0.242 e. The van der Waals surface area contributed by atoms with Crippen LogP contribution in [0.1, 0.15) is 12.5 Å². The fourth-order valence-electron chi connectivity index (χ4n) is 2.82. The number of nitrogen functional groups attached to an aromatic ring is 1. The number of primary sulfonamides is 1. The fourth-order valence-corrected chi connectivity index (χ4v) is 5.68. The zero-order valence-corrected chi connectivity index (χ0v) is 17.5. The van der Waals surface area contributed by atoms with E-state index in [2.05, 4.69) is 24.9 Å². The van der Waals surface area contributed by atoms with Crippen molar-refractivity contribution in [3.05, 3.63) is 36.0 Å². The molecule has 2 aromatic rings. The van der Waals surface area contributed by atoms with Crippen LogP contribution in [0.4, 0.5) is 5.82 Å². The Morgan fingerprint density at radius 2 is 1.90 bits per heavy atom. The number of aliphatic imine (C=N–C) groups is 1. The summed E-state index contributed by atoms with van der Waals surface area (Å²) in [6, 6.07) is 5.05. The zero-order valence-electron chi connectivity index (χ0n) is 15.8. The van der Waals surface area contributed by atoms with Crippen molar-refractivity contribution >= 4 is 31.7 Å². The maximum absolute atomic E-state index is 12.9. The number of aromatic nitrogens is 1. The molecule has 2 heterocycles. The first-order chi connectivity index (χ1) is 14.0. The molecule has 0 saturated heterocycles. The predicted octanol–water partition coefficient (Wildman–Crippen LogP) is -0.226. The predicted molar refractivity (Wildman–Crippen MR) is 111 cm³/mol. The van der Waals surface area contributed by atoms with Crippen LogP contribution in [0.2, 0.25) is 0 Å². The molecule has 12 nitrogen and oxygen atoms in total. The highest BCUT2D eigenvalue weighted by atomic mass is 32.2. The van der Waals surface area contributed by atoms with Crippen LogP contribution in [-0.2, 0) is 20.0 Å². The van der Waals surface area contributed by atoms with Crippen molar-refractivity contribution in [3.8, 4) is 11.1 Å². The Morgan fingerprint density at radius 1 is 1.17 bits per heavy atom. The van der Waals surface area contributed by atoms with E-state index in [1.165, 1.54) is 18.3 Å². The summed E-state index contributed by atoms with van der Waals surface area (Å²) in [6.45, 7) is 1.52. The molecule has 0 bridgehead atoms. The summed E-state index contributed by atoms with van der Waals surface area (Å²) in [5, 5.41) is 13.0. The van der Waals surface area contributed by atoms with Gasteiger partial charge in [0.15, 0.2) is 12.5 Å². The van der Waals surface area contributed by atoms with Crippen molar-refractivity contribution in [2.24, 2.45) is 26.1 Å². The molecule has 0 spiro atoms. The quantitative estimate of drug-likeness (QED) is 0.443. The second-order valence-corrected chi connectivity index (χ2v) is 9.64. The minimum absolute atomic E-state index is 0.00685. The zero-order chi connectivity index (χ0) is 22.1. The minimum Gasteiger partial charge on any atom is -0.384 e. The number of amidine groups is 1. The molecule has 0 saturated carbocycles. The van der Waals surface area contributed by atoms with Crippen LogP contribution in [-0.4, -0.2) is 46.9 Å². The first-order valence-electron chi connectivity index (χ1n) is 8.61. The Morgan fingerprint density at radius 3 is 2.43 bits per heavy atom. The van der Waals surface area contributed by atoms with Gasteiger partial charge in [-0.3, -0.25) is 0 Å². The lowest BCUT2D eigenvalue weighted by Crippen LogP contribution is -2.38. The molecule has 1 aromatic heterocycles. The summed E-state index contributed by atoms with van der Waals surface area (Å²) in [7, 11) is -8.84. The average Bonchev–Trinajstić information content (AvgIpc) is 3.21. The van der Waals surface area contributed by atoms with E-state index in [0.29, 0.717) is 11.1 Å². The highest BCUT2D eigenvalue weighted by molar-refractivity contribution is 7.92. The molecule has 0 aliphatic carbocycles. The molecule has 3 rings (SSSR count). The van der Waals surface area contributed by atoms with Crippen LogP contribution < -0.4 is 21.3 Å². The number of azo groups is 1. The number of nitrogens with zero attached hydrogens (tertiary/aromatic N) is 4. The Balaban J connectivity index is 2.39. The molecule has 14 heteroatoms. The lowest BCUT2D eigenvalue weighted by Gasteiger charge is -2.18. The van der Waals surface area contributed by atoms with Gasteiger partial charge in [0.05, 0.1) is 5.56 Å². The van der Waals surface area contributed by atoms with Gasteiger partial charge < -0.3 is 11.5 Å². The summed E-state index contributed by atoms with van der Waals surface area (Å²) >= 11 is 0. The lowest BCUT2D eigenvalue weighted by atomic mass is 10.00. The van der Waals surface area contributed by atoms with Gasteiger partial charge in [0.25, 0.3) is 0 Å². The standard InChI is InChI=1S/C16H20N8O4S2/c1-9(6-17)24-30(27,28)12-4-3-11(10-2-5-13(18)20-7-10)14(15(12)29(19,25)26)16-21-8-22-23-16/h2-5,7,9,24H,6,8,17H2,1H3,(H2,18,20)(H2,19,25,26)/t9-/m0/s1. The lowest BCUT2D eigenvalue weighted by molar-refractivity contribution is 0.557. The number of anilines is 1. The van der Waals surface area contributed by atoms with E-state index in [9.17, 15) is 16.8 Å². The van der Waals surface area contributed by atoms with Gasteiger partial charge in [-0.05, 0) is 30.7 Å². The van der Waals surface area contributed by atoms with E-state index in [1.54, 1.807) is 13.0 Å². The molecule has 30 heavy (non-hydrogen) atoms. The third kappa shape index (κ3) is 4.36. The Labute approximate surface area is 173 Å². The first-order valence-corrected chi connectivity index (χ1v) is 11.6. The van der Waals surface area contributed by atoms with Gasteiger partial charge in [-0.1, -0.05) is 6.07 Å². The SMILES string of the molecule is C[C@@H](CN)NS(=O)(=O)c1ccc(-c2ccc(N)nc2)c(C2=NCN=N2)c1S(N)(=O)=O. The first kappa shape index (κ1) is 21.9. The van der Waals surface area contributed by atoms with Crippen molar-refractivity contribution in [2.45, 2.75) is 22.8 Å². The molecule has 0 radical (unpaired) electrons. The maximum atomic E-state index is 12.9. The van der Waals surface area contributed by atoms with Gasteiger partial charge in [-0.2, -0.15) is 5.11 Å². The van der Waals surface area contributed by atoms with Crippen LogP contribution in [0.5, 0.6) is 0 Å². The van der Waals surface area contributed by atoms with Gasteiger partial charge in [0.1, 0.15) is 15.6 Å². The monoisotopic (exact) mass is 452 g/mol. The van der Waals surface area contributed by atoms with E-state index in [-0.39, 0.29) is 30.4 Å². The van der Waals surface area contributed by atoms with Crippen molar-refractivity contribution in [2.75, 3.05) is 18.9 Å². The van der Waals surface area contributed by atoms with Crippen LogP contribution >= 0.6 is 0 Å².